The summed E-state index contributed by atoms with van der Waals surface area (Å²) < 4.78 is 11.1. The Morgan fingerprint density at radius 1 is 1.00 bits per heavy atom. The van der Waals surface area contributed by atoms with Crippen molar-refractivity contribution in [1.82, 2.24) is 5.43 Å². The predicted molar refractivity (Wildman–Crippen MR) is 127 cm³/mol. The normalized spacial score (nSPS) is 14.0. The van der Waals surface area contributed by atoms with E-state index in [1.165, 1.54) is 0 Å². The second-order valence-corrected chi connectivity index (χ2v) is 8.19. The quantitative estimate of drug-likeness (QED) is 0.544. The molecule has 0 aliphatic heterocycles. The number of benzene rings is 2. The van der Waals surface area contributed by atoms with Crippen LogP contribution in [0.5, 0.6) is 5.75 Å². The highest BCUT2D eigenvalue weighted by atomic mass is 16.5. The number of ether oxygens (including phenoxy) is 1. The van der Waals surface area contributed by atoms with Gasteiger partial charge in [-0.3, -0.25) is 9.59 Å². The molecule has 0 saturated heterocycles. The Morgan fingerprint density at radius 3 is 2.58 bits per heavy atom. The molecule has 0 spiro atoms. The number of nitrogens with one attached hydrogen (secondary N) is 2. The SMILES string of the molecule is COc1cccc(C(=O)N/N=C2\CCCc3oc(C(=O)Nc4ccc(C)c(C)c4)c(C)c32)c1. The summed E-state index contributed by atoms with van der Waals surface area (Å²) in [6, 6.07) is 12.7. The van der Waals surface area contributed by atoms with Gasteiger partial charge in [-0.1, -0.05) is 12.1 Å². The van der Waals surface area contributed by atoms with E-state index in [1.54, 1.807) is 31.4 Å². The zero-order valence-electron chi connectivity index (χ0n) is 19.2. The maximum Gasteiger partial charge on any atom is 0.291 e. The first-order chi connectivity index (χ1) is 15.9. The number of methoxy groups -OCH3 is 1. The fourth-order valence-electron chi connectivity index (χ4n) is 3.95. The lowest BCUT2D eigenvalue weighted by Crippen LogP contribution is -2.22. The number of hydrazone groups is 1. The summed E-state index contributed by atoms with van der Waals surface area (Å²) in [6.07, 6.45) is 2.23. The van der Waals surface area contributed by atoms with Crippen molar-refractivity contribution in [3.63, 3.8) is 0 Å². The summed E-state index contributed by atoms with van der Waals surface area (Å²) in [4.78, 5) is 25.5. The molecule has 2 aromatic carbocycles. The van der Waals surface area contributed by atoms with Gasteiger partial charge in [0.15, 0.2) is 5.76 Å². The average Bonchev–Trinajstić information content (AvgIpc) is 3.17. The van der Waals surface area contributed by atoms with Crippen LogP contribution in [0.25, 0.3) is 0 Å². The molecule has 1 aromatic heterocycles. The van der Waals surface area contributed by atoms with Gasteiger partial charge in [0.1, 0.15) is 11.5 Å². The molecule has 7 heteroatoms. The zero-order chi connectivity index (χ0) is 23.5. The van der Waals surface area contributed by atoms with Crippen LogP contribution in [0.15, 0.2) is 52.0 Å². The summed E-state index contributed by atoms with van der Waals surface area (Å²) >= 11 is 0. The molecule has 7 nitrogen and oxygen atoms in total. The van der Waals surface area contributed by atoms with Gasteiger partial charge in [-0.05, 0) is 75.1 Å². The van der Waals surface area contributed by atoms with E-state index in [0.717, 1.165) is 46.5 Å². The van der Waals surface area contributed by atoms with E-state index in [0.29, 0.717) is 23.4 Å². The van der Waals surface area contributed by atoms with Crippen LogP contribution in [-0.2, 0) is 6.42 Å². The number of furan rings is 1. The second kappa shape index (κ2) is 9.32. The van der Waals surface area contributed by atoms with E-state index < -0.39 is 0 Å². The zero-order valence-corrected chi connectivity index (χ0v) is 19.2. The number of hydrogen-bond acceptors (Lipinski definition) is 5. The van der Waals surface area contributed by atoms with Crippen LogP contribution in [0.1, 0.15) is 61.8 Å². The fraction of sp³-hybridized carbons (Fsp3) is 0.269. The van der Waals surface area contributed by atoms with Crippen LogP contribution in [0.3, 0.4) is 0 Å². The maximum absolute atomic E-state index is 12.9. The molecule has 4 rings (SSSR count). The topological polar surface area (TPSA) is 92.9 Å². The lowest BCUT2D eigenvalue weighted by Gasteiger charge is -2.13. The summed E-state index contributed by atoms with van der Waals surface area (Å²) in [7, 11) is 1.55. The summed E-state index contributed by atoms with van der Waals surface area (Å²) in [5.74, 6) is 0.956. The summed E-state index contributed by atoms with van der Waals surface area (Å²) in [5, 5.41) is 7.30. The van der Waals surface area contributed by atoms with Crippen molar-refractivity contribution in [3.8, 4) is 5.75 Å². The highest BCUT2D eigenvalue weighted by Gasteiger charge is 2.28. The van der Waals surface area contributed by atoms with Crippen LogP contribution in [0, 0.1) is 20.8 Å². The van der Waals surface area contributed by atoms with E-state index in [2.05, 4.69) is 15.8 Å². The molecular formula is C26H27N3O4. The van der Waals surface area contributed by atoms with Crippen molar-refractivity contribution in [3.05, 3.63) is 81.8 Å². The van der Waals surface area contributed by atoms with Crippen molar-refractivity contribution in [2.45, 2.75) is 40.0 Å². The van der Waals surface area contributed by atoms with Gasteiger partial charge in [-0.15, -0.1) is 0 Å². The number of rotatable bonds is 5. The van der Waals surface area contributed by atoms with Crippen LogP contribution in [0.2, 0.25) is 0 Å². The number of fused-ring (bicyclic) bond motifs is 1. The minimum absolute atomic E-state index is 0.270. The van der Waals surface area contributed by atoms with E-state index in [4.69, 9.17) is 9.15 Å². The molecule has 0 atom stereocenters. The van der Waals surface area contributed by atoms with Gasteiger partial charge in [0.25, 0.3) is 11.8 Å². The monoisotopic (exact) mass is 445 g/mol. The van der Waals surface area contributed by atoms with Gasteiger partial charge in [0, 0.05) is 28.8 Å². The Labute approximate surface area is 192 Å². The Bertz CT molecular complexity index is 1260. The highest BCUT2D eigenvalue weighted by Crippen LogP contribution is 2.30. The molecule has 2 N–H and O–H groups in total. The number of aryl methyl sites for hydroxylation is 3. The third-order valence-electron chi connectivity index (χ3n) is 5.92. The molecule has 1 heterocycles. The molecule has 0 unspecified atom stereocenters. The third-order valence-corrected chi connectivity index (χ3v) is 5.92. The Hall–Kier alpha value is -3.87. The highest BCUT2D eigenvalue weighted by molar-refractivity contribution is 6.09. The number of carbonyl (C=O) groups is 2. The minimum atomic E-state index is -0.331. The molecule has 170 valence electrons. The number of amides is 2. The Balaban J connectivity index is 1.56. The first-order valence-corrected chi connectivity index (χ1v) is 10.9. The van der Waals surface area contributed by atoms with Crippen LogP contribution in [-0.4, -0.2) is 24.6 Å². The van der Waals surface area contributed by atoms with Crippen LogP contribution >= 0.6 is 0 Å². The van der Waals surface area contributed by atoms with E-state index in [9.17, 15) is 9.59 Å². The van der Waals surface area contributed by atoms with Crippen molar-refractivity contribution in [1.29, 1.82) is 0 Å². The molecule has 0 radical (unpaired) electrons. The first-order valence-electron chi connectivity index (χ1n) is 10.9. The van der Waals surface area contributed by atoms with Crippen molar-refractivity contribution in [2.24, 2.45) is 5.10 Å². The molecule has 33 heavy (non-hydrogen) atoms. The molecule has 0 bridgehead atoms. The van der Waals surface area contributed by atoms with E-state index in [1.807, 2.05) is 39.0 Å². The summed E-state index contributed by atoms with van der Waals surface area (Å²) in [5.41, 5.74) is 8.30. The molecular weight excluding hydrogens is 418 g/mol. The van der Waals surface area contributed by atoms with Gasteiger partial charge in [-0.2, -0.15) is 5.10 Å². The average molecular weight is 446 g/mol. The van der Waals surface area contributed by atoms with Crippen LogP contribution < -0.4 is 15.5 Å². The minimum Gasteiger partial charge on any atom is -0.497 e. The maximum atomic E-state index is 12.9. The lowest BCUT2D eigenvalue weighted by atomic mass is 9.93. The van der Waals surface area contributed by atoms with Crippen molar-refractivity contribution in [2.75, 3.05) is 12.4 Å². The van der Waals surface area contributed by atoms with Gasteiger partial charge < -0.3 is 14.5 Å². The van der Waals surface area contributed by atoms with Crippen molar-refractivity contribution >= 4 is 23.2 Å². The smallest absolute Gasteiger partial charge is 0.291 e. The molecule has 0 saturated carbocycles. The first kappa shape index (κ1) is 22.3. The second-order valence-electron chi connectivity index (χ2n) is 8.19. The molecule has 1 aliphatic carbocycles. The van der Waals surface area contributed by atoms with Crippen LogP contribution in [0.4, 0.5) is 5.69 Å². The standard InChI is InChI=1S/C26H27N3O4/c1-15-11-12-19(13-16(15)2)27-26(31)24-17(3)23-21(9-6-10-22(23)33-24)28-29-25(30)18-7-5-8-20(14-18)32-4/h5,7-8,11-14H,6,9-10H2,1-4H3,(H,27,31)(H,29,30)/b28-21+. The number of nitrogens with zero attached hydrogens (tertiary/aromatic N) is 1. The van der Waals surface area contributed by atoms with Crippen molar-refractivity contribution < 1.29 is 18.7 Å². The number of anilines is 1. The fourth-order valence-corrected chi connectivity index (χ4v) is 3.95. The largest absolute Gasteiger partial charge is 0.497 e. The molecule has 0 fully saturated rings. The summed E-state index contributed by atoms with van der Waals surface area (Å²) in [6.45, 7) is 5.88. The van der Waals surface area contributed by atoms with E-state index >= 15 is 0 Å². The Morgan fingerprint density at radius 2 is 1.82 bits per heavy atom. The van der Waals surface area contributed by atoms with Gasteiger partial charge >= 0.3 is 0 Å². The molecule has 3 aromatic rings. The van der Waals surface area contributed by atoms with Gasteiger partial charge in [0.05, 0.1) is 12.8 Å². The number of hydrogen-bond donors (Lipinski definition) is 2. The van der Waals surface area contributed by atoms with Gasteiger partial charge in [-0.25, -0.2) is 5.43 Å². The van der Waals surface area contributed by atoms with Gasteiger partial charge in [0.2, 0.25) is 0 Å². The molecule has 1 aliphatic rings. The lowest BCUT2D eigenvalue weighted by molar-refractivity contribution is 0.0953. The number of carbonyl (C=O) groups excluding carboxylic acids is 2. The predicted octanol–water partition coefficient (Wildman–Crippen LogP) is 4.94. The Kier molecular flexibility index (Phi) is 6.31. The molecule has 2 amide bonds. The third kappa shape index (κ3) is 4.67. The van der Waals surface area contributed by atoms with E-state index in [-0.39, 0.29) is 17.6 Å².